The number of hydrogen-bond donors (Lipinski definition) is 1. The number of sulfonamides is 1. The molecule has 0 spiro atoms. The highest BCUT2D eigenvalue weighted by Crippen LogP contribution is 2.26. The summed E-state index contributed by atoms with van der Waals surface area (Å²) in [7, 11) is -3.60. The van der Waals surface area contributed by atoms with Gasteiger partial charge in [0.15, 0.2) is 6.61 Å². The van der Waals surface area contributed by atoms with E-state index in [4.69, 9.17) is 4.74 Å². The van der Waals surface area contributed by atoms with Gasteiger partial charge in [-0.05, 0) is 62.8 Å². The molecule has 0 radical (unpaired) electrons. The van der Waals surface area contributed by atoms with Gasteiger partial charge >= 0.3 is 5.97 Å². The van der Waals surface area contributed by atoms with Crippen LogP contribution in [-0.4, -0.2) is 49.8 Å². The minimum absolute atomic E-state index is 0.151. The largest absolute Gasteiger partial charge is 0.452 e. The molecule has 0 aromatic heterocycles. The van der Waals surface area contributed by atoms with Crippen molar-refractivity contribution in [2.75, 3.05) is 19.7 Å². The predicted molar refractivity (Wildman–Crippen MR) is 111 cm³/mol. The van der Waals surface area contributed by atoms with Crippen molar-refractivity contribution in [3.8, 4) is 0 Å². The Hall–Kier alpha value is -1.93. The first-order valence-electron chi connectivity index (χ1n) is 10.0. The normalized spacial score (nSPS) is 20.9. The zero-order chi connectivity index (χ0) is 21.8. The fourth-order valence-electron chi connectivity index (χ4n) is 3.43. The van der Waals surface area contributed by atoms with Gasteiger partial charge in [0.05, 0.1) is 10.5 Å². The van der Waals surface area contributed by atoms with Gasteiger partial charge in [0.1, 0.15) is 0 Å². The Morgan fingerprint density at radius 1 is 1.14 bits per heavy atom. The Morgan fingerprint density at radius 2 is 1.69 bits per heavy atom. The third kappa shape index (κ3) is 6.27. The van der Waals surface area contributed by atoms with E-state index in [1.807, 2.05) is 20.8 Å². The Labute approximate surface area is 173 Å². The number of esters is 1. The van der Waals surface area contributed by atoms with E-state index in [0.717, 1.165) is 12.8 Å². The van der Waals surface area contributed by atoms with Gasteiger partial charge in [0.25, 0.3) is 5.91 Å². The van der Waals surface area contributed by atoms with Crippen molar-refractivity contribution >= 4 is 21.9 Å². The van der Waals surface area contributed by atoms with Gasteiger partial charge in [-0.2, -0.15) is 4.31 Å². The van der Waals surface area contributed by atoms with Crippen molar-refractivity contribution in [1.82, 2.24) is 9.62 Å². The van der Waals surface area contributed by atoms with Crippen LogP contribution in [0.4, 0.5) is 0 Å². The summed E-state index contributed by atoms with van der Waals surface area (Å²) in [6, 6.07) is 5.66. The molecule has 1 aromatic rings. The quantitative estimate of drug-likeness (QED) is 0.680. The van der Waals surface area contributed by atoms with Gasteiger partial charge in [-0.15, -0.1) is 0 Å². The molecule has 7 nitrogen and oxygen atoms in total. The number of hydrogen-bond acceptors (Lipinski definition) is 5. The molecule has 1 aromatic carbocycles. The van der Waals surface area contributed by atoms with Crippen molar-refractivity contribution < 1.29 is 22.7 Å². The molecule has 1 heterocycles. The summed E-state index contributed by atoms with van der Waals surface area (Å²) in [5.74, 6) is -0.422. The fraction of sp³-hybridized carbons (Fsp3) is 0.619. The van der Waals surface area contributed by atoms with Crippen molar-refractivity contribution in [1.29, 1.82) is 0 Å². The molecule has 1 aliphatic heterocycles. The highest BCUT2D eigenvalue weighted by atomic mass is 32.2. The minimum atomic E-state index is -3.60. The second-order valence-electron chi connectivity index (χ2n) is 8.65. The van der Waals surface area contributed by atoms with Crippen molar-refractivity contribution in [2.24, 2.45) is 11.8 Å². The smallest absolute Gasteiger partial charge is 0.338 e. The maximum atomic E-state index is 12.9. The molecule has 0 unspecified atom stereocenters. The standard InChI is InChI=1S/C21H32N2O5S/c1-6-21(4,5)22-19(24)14-28-20(25)17-7-9-18(10-8-17)29(26,27)23-12-15(2)11-16(3)13-23/h7-10,15-16H,6,11-14H2,1-5H3,(H,22,24)/t15-,16+. The number of amides is 1. The second kappa shape index (κ2) is 9.26. The molecule has 2 atom stereocenters. The molecule has 1 saturated heterocycles. The van der Waals surface area contributed by atoms with Gasteiger partial charge in [0.2, 0.25) is 10.0 Å². The first kappa shape index (κ1) is 23.3. The van der Waals surface area contributed by atoms with Crippen LogP contribution >= 0.6 is 0 Å². The molecule has 2 rings (SSSR count). The molecule has 0 aliphatic carbocycles. The lowest BCUT2D eigenvalue weighted by atomic mass is 9.94. The molecule has 1 fully saturated rings. The van der Waals surface area contributed by atoms with Crippen LogP contribution in [0.2, 0.25) is 0 Å². The molecule has 0 saturated carbocycles. The molecular formula is C21H32N2O5S. The van der Waals surface area contributed by atoms with Crippen LogP contribution < -0.4 is 5.32 Å². The summed E-state index contributed by atoms with van der Waals surface area (Å²) in [5.41, 5.74) is -0.171. The van der Waals surface area contributed by atoms with Gasteiger partial charge in [-0.1, -0.05) is 20.8 Å². The molecular weight excluding hydrogens is 392 g/mol. The van der Waals surface area contributed by atoms with Gasteiger partial charge in [0, 0.05) is 18.6 Å². The highest BCUT2D eigenvalue weighted by Gasteiger charge is 2.31. The Kier molecular flexibility index (Phi) is 7.45. The van der Waals surface area contributed by atoms with E-state index in [1.54, 1.807) is 0 Å². The number of carbonyl (C=O) groups is 2. The van der Waals surface area contributed by atoms with E-state index >= 15 is 0 Å². The number of benzene rings is 1. The van der Waals surface area contributed by atoms with Crippen LogP contribution in [0.5, 0.6) is 0 Å². The van der Waals surface area contributed by atoms with Crippen LogP contribution in [0, 0.1) is 11.8 Å². The average Bonchev–Trinajstić information content (AvgIpc) is 2.65. The predicted octanol–water partition coefficient (Wildman–Crippen LogP) is 2.81. The van der Waals surface area contributed by atoms with Crippen molar-refractivity contribution in [3.05, 3.63) is 29.8 Å². The van der Waals surface area contributed by atoms with Crippen LogP contribution in [0.25, 0.3) is 0 Å². The molecule has 8 heteroatoms. The summed E-state index contributed by atoms with van der Waals surface area (Å²) in [4.78, 5) is 24.2. The first-order valence-corrected chi connectivity index (χ1v) is 11.5. The Bertz CT molecular complexity index is 823. The molecule has 1 aliphatic rings. The Morgan fingerprint density at radius 3 is 2.21 bits per heavy atom. The molecule has 1 N–H and O–H groups in total. The summed E-state index contributed by atoms with van der Waals surface area (Å²) >= 11 is 0. The highest BCUT2D eigenvalue weighted by molar-refractivity contribution is 7.89. The van der Waals surface area contributed by atoms with E-state index in [1.165, 1.54) is 28.6 Å². The topological polar surface area (TPSA) is 92.8 Å². The average molecular weight is 425 g/mol. The van der Waals surface area contributed by atoms with Gasteiger partial charge < -0.3 is 10.1 Å². The lowest BCUT2D eigenvalue weighted by molar-refractivity contribution is -0.125. The van der Waals surface area contributed by atoms with Crippen molar-refractivity contribution in [2.45, 2.75) is 57.9 Å². The van der Waals surface area contributed by atoms with E-state index in [9.17, 15) is 18.0 Å². The molecule has 0 bridgehead atoms. The van der Waals surface area contributed by atoms with E-state index in [2.05, 4.69) is 19.2 Å². The second-order valence-corrected chi connectivity index (χ2v) is 10.6. The van der Waals surface area contributed by atoms with Crippen LogP contribution in [0.15, 0.2) is 29.2 Å². The number of carbonyl (C=O) groups excluding carboxylic acids is 2. The number of ether oxygens (including phenoxy) is 1. The van der Waals surface area contributed by atoms with E-state index in [-0.39, 0.29) is 28.5 Å². The fourth-order valence-corrected chi connectivity index (χ4v) is 5.11. The maximum Gasteiger partial charge on any atom is 0.338 e. The monoisotopic (exact) mass is 424 g/mol. The lowest BCUT2D eigenvalue weighted by Crippen LogP contribution is -2.44. The number of nitrogens with zero attached hydrogens (tertiary/aromatic N) is 1. The minimum Gasteiger partial charge on any atom is -0.452 e. The summed E-state index contributed by atoms with van der Waals surface area (Å²) in [6.07, 6.45) is 1.76. The van der Waals surface area contributed by atoms with Crippen molar-refractivity contribution in [3.63, 3.8) is 0 Å². The zero-order valence-corrected chi connectivity index (χ0v) is 18.7. The third-order valence-corrected chi connectivity index (χ3v) is 7.11. The summed E-state index contributed by atoms with van der Waals surface area (Å²) < 4.78 is 32.3. The SMILES string of the molecule is CCC(C)(C)NC(=O)COC(=O)c1ccc(S(=O)(=O)N2C[C@H](C)C[C@H](C)C2)cc1. The third-order valence-electron chi connectivity index (χ3n) is 5.26. The molecule has 1 amide bonds. The van der Waals surface area contributed by atoms with Crippen LogP contribution in [-0.2, 0) is 19.6 Å². The number of nitrogens with one attached hydrogen (secondary N) is 1. The number of piperidine rings is 1. The van der Waals surface area contributed by atoms with Crippen LogP contribution in [0.3, 0.4) is 0 Å². The van der Waals surface area contributed by atoms with Crippen LogP contribution in [0.1, 0.15) is 57.8 Å². The zero-order valence-electron chi connectivity index (χ0n) is 17.9. The summed E-state index contributed by atoms with van der Waals surface area (Å²) in [5, 5.41) is 2.78. The number of rotatable bonds is 7. The molecule has 29 heavy (non-hydrogen) atoms. The first-order chi connectivity index (χ1) is 13.4. The van der Waals surface area contributed by atoms with Gasteiger partial charge in [-0.25, -0.2) is 13.2 Å². The summed E-state index contributed by atoms with van der Waals surface area (Å²) in [6.45, 7) is 10.4. The lowest BCUT2D eigenvalue weighted by Gasteiger charge is -2.34. The van der Waals surface area contributed by atoms with E-state index < -0.39 is 16.0 Å². The van der Waals surface area contributed by atoms with Gasteiger partial charge in [-0.3, -0.25) is 4.79 Å². The van der Waals surface area contributed by atoms with E-state index in [0.29, 0.717) is 24.9 Å². The maximum absolute atomic E-state index is 12.9. The Balaban J connectivity index is 2.00. The molecule has 162 valence electrons.